The molecule has 31 heavy (non-hydrogen) atoms. The summed E-state index contributed by atoms with van der Waals surface area (Å²) >= 11 is 7.15. The number of anilines is 1. The van der Waals surface area contributed by atoms with E-state index in [1.165, 1.54) is 11.3 Å². The molecule has 6 nitrogen and oxygen atoms in total. The summed E-state index contributed by atoms with van der Waals surface area (Å²) in [5, 5.41) is 1.58. The molecule has 0 radical (unpaired) electrons. The Morgan fingerprint density at radius 1 is 1.13 bits per heavy atom. The molecule has 0 atom stereocenters. The van der Waals surface area contributed by atoms with Crippen molar-refractivity contribution < 1.29 is 18.3 Å². The van der Waals surface area contributed by atoms with Gasteiger partial charge in [0.1, 0.15) is 17.2 Å². The maximum absolute atomic E-state index is 14.5. The molecule has 0 saturated carbocycles. The fourth-order valence-electron chi connectivity index (χ4n) is 3.30. The van der Waals surface area contributed by atoms with Crippen LogP contribution in [-0.4, -0.2) is 52.7 Å². The highest BCUT2D eigenvalue weighted by atomic mass is 35.5. The van der Waals surface area contributed by atoms with E-state index in [9.17, 15) is 13.6 Å². The minimum atomic E-state index is -0.736. The zero-order valence-corrected chi connectivity index (χ0v) is 18.9. The summed E-state index contributed by atoms with van der Waals surface area (Å²) in [5.74, 6) is -0.710. The van der Waals surface area contributed by atoms with Gasteiger partial charge < -0.3 is 14.5 Å². The molecule has 0 unspecified atom stereocenters. The molecule has 10 heteroatoms. The first-order valence-electron chi connectivity index (χ1n) is 9.75. The lowest BCUT2D eigenvalue weighted by atomic mass is 10.2. The van der Waals surface area contributed by atoms with E-state index >= 15 is 0 Å². The average molecular weight is 467 g/mol. The van der Waals surface area contributed by atoms with Crippen LogP contribution in [0.2, 0.25) is 5.02 Å². The predicted molar refractivity (Wildman–Crippen MR) is 118 cm³/mol. The molecule has 1 saturated heterocycles. The smallest absolute Gasteiger partial charge is 0.410 e. The van der Waals surface area contributed by atoms with Crippen molar-refractivity contribution in [3.8, 4) is 11.4 Å². The molecule has 0 bridgehead atoms. The van der Waals surface area contributed by atoms with Crippen LogP contribution in [0.5, 0.6) is 0 Å². The molecule has 0 spiro atoms. The van der Waals surface area contributed by atoms with Crippen molar-refractivity contribution in [3.05, 3.63) is 40.2 Å². The van der Waals surface area contributed by atoms with Gasteiger partial charge >= 0.3 is 6.09 Å². The lowest BCUT2D eigenvalue weighted by Crippen LogP contribution is -2.50. The van der Waals surface area contributed by atoms with E-state index in [1.54, 1.807) is 4.90 Å². The SMILES string of the molecule is CC(C)(C)OC(=O)N1CCN(c2nc(-c3cc(F)c(Cl)cc3F)nc3ccsc23)CC1. The van der Waals surface area contributed by atoms with E-state index in [1.807, 2.05) is 37.1 Å². The number of hydrogen-bond acceptors (Lipinski definition) is 6. The second-order valence-corrected chi connectivity index (χ2v) is 9.53. The van der Waals surface area contributed by atoms with Crippen LogP contribution >= 0.6 is 22.9 Å². The molecule has 164 valence electrons. The molecule has 3 heterocycles. The van der Waals surface area contributed by atoms with Crippen LogP contribution in [0.4, 0.5) is 19.4 Å². The number of benzene rings is 1. The Morgan fingerprint density at radius 3 is 2.52 bits per heavy atom. The van der Waals surface area contributed by atoms with E-state index in [4.69, 9.17) is 16.3 Å². The number of thiophene rings is 1. The van der Waals surface area contributed by atoms with E-state index in [0.29, 0.717) is 37.5 Å². The lowest BCUT2D eigenvalue weighted by molar-refractivity contribution is 0.0240. The number of amides is 1. The Morgan fingerprint density at radius 2 is 1.84 bits per heavy atom. The lowest BCUT2D eigenvalue weighted by Gasteiger charge is -2.36. The van der Waals surface area contributed by atoms with Crippen molar-refractivity contribution in [1.82, 2.24) is 14.9 Å². The summed E-state index contributed by atoms with van der Waals surface area (Å²) in [6.45, 7) is 7.47. The summed E-state index contributed by atoms with van der Waals surface area (Å²) in [7, 11) is 0. The number of carbonyl (C=O) groups excluding carboxylic acids is 1. The molecule has 1 aliphatic heterocycles. The number of carbonyl (C=O) groups is 1. The number of piperazine rings is 1. The fourth-order valence-corrected chi connectivity index (χ4v) is 4.30. The number of aromatic nitrogens is 2. The van der Waals surface area contributed by atoms with Gasteiger partial charge in [-0.2, -0.15) is 0 Å². The van der Waals surface area contributed by atoms with Crippen molar-refractivity contribution in [2.75, 3.05) is 31.1 Å². The Balaban J connectivity index is 1.63. The molecule has 1 amide bonds. The van der Waals surface area contributed by atoms with Crippen LogP contribution in [0.25, 0.3) is 21.6 Å². The number of ether oxygens (including phenoxy) is 1. The molecule has 1 aromatic carbocycles. The van der Waals surface area contributed by atoms with Crippen molar-refractivity contribution in [1.29, 1.82) is 0 Å². The summed E-state index contributed by atoms with van der Waals surface area (Å²) in [5.41, 5.74) is 0.0366. The van der Waals surface area contributed by atoms with Crippen molar-refractivity contribution in [3.63, 3.8) is 0 Å². The van der Waals surface area contributed by atoms with Gasteiger partial charge in [0.2, 0.25) is 0 Å². The molecule has 1 fully saturated rings. The van der Waals surface area contributed by atoms with Crippen LogP contribution in [0.1, 0.15) is 20.8 Å². The standard InChI is InChI=1S/C21H21ClF2N4O2S/c1-21(2,3)30-20(29)28-7-5-27(6-8-28)19-17-16(4-9-31-17)25-18(26-19)12-10-15(24)13(22)11-14(12)23/h4,9-11H,5-8H2,1-3H3. The number of halogens is 3. The summed E-state index contributed by atoms with van der Waals surface area (Å²) in [6, 6.07) is 3.75. The van der Waals surface area contributed by atoms with Crippen LogP contribution in [0, 0.1) is 11.6 Å². The summed E-state index contributed by atoms with van der Waals surface area (Å²) in [6.07, 6.45) is -0.351. The first-order valence-corrected chi connectivity index (χ1v) is 11.0. The zero-order valence-electron chi connectivity index (χ0n) is 17.3. The van der Waals surface area contributed by atoms with E-state index < -0.39 is 17.2 Å². The molecule has 0 N–H and O–H groups in total. The van der Waals surface area contributed by atoms with Crippen molar-refractivity contribution in [2.45, 2.75) is 26.4 Å². The molecular weight excluding hydrogens is 446 g/mol. The number of rotatable bonds is 2. The van der Waals surface area contributed by atoms with Gasteiger partial charge in [0.15, 0.2) is 11.6 Å². The van der Waals surface area contributed by atoms with Gasteiger partial charge in [0.25, 0.3) is 0 Å². The topological polar surface area (TPSA) is 58.6 Å². The minimum absolute atomic E-state index is 0.0522. The number of fused-ring (bicyclic) bond motifs is 1. The van der Waals surface area contributed by atoms with Gasteiger partial charge in [0.05, 0.1) is 20.8 Å². The van der Waals surface area contributed by atoms with Crippen molar-refractivity contribution >= 4 is 45.1 Å². The van der Waals surface area contributed by atoms with Gasteiger partial charge in [-0.05, 0) is 44.4 Å². The molecular formula is C21H21ClF2N4O2S. The Hall–Kier alpha value is -2.52. The van der Waals surface area contributed by atoms with E-state index in [0.717, 1.165) is 16.8 Å². The largest absolute Gasteiger partial charge is 0.444 e. The second kappa shape index (κ2) is 8.20. The third kappa shape index (κ3) is 4.57. The minimum Gasteiger partial charge on any atom is -0.444 e. The van der Waals surface area contributed by atoms with Crippen LogP contribution in [0.3, 0.4) is 0 Å². The van der Waals surface area contributed by atoms with Crippen molar-refractivity contribution in [2.24, 2.45) is 0 Å². The zero-order chi connectivity index (χ0) is 22.3. The Kier molecular flexibility index (Phi) is 5.74. The highest BCUT2D eigenvalue weighted by Gasteiger charge is 2.28. The average Bonchev–Trinajstić information content (AvgIpc) is 3.17. The van der Waals surface area contributed by atoms with Gasteiger partial charge in [-0.1, -0.05) is 11.6 Å². The highest BCUT2D eigenvalue weighted by Crippen LogP contribution is 2.34. The van der Waals surface area contributed by atoms with Crippen LogP contribution in [-0.2, 0) is 4.74 Å². The fraction of sp³-hybridized carbons (Fsp3) is 0.381. The third-order valence-electron chi connectivity index (χ3n) is 4.77. The highest BCUT2D eigenvalue weighted by molar-refractivity contribution is 7.17. The molecule has 4 rings (SSSR count). The molecule has 3 aromatic rings. The third-order valence-corrected chi connectivity index (χ3v) is 5.96. The van der Waals surface area contributed by atoms with Gasteiger partial charge in [-0.3, -0.25) is 0 Å². The summed E-state index contributed by atoms with van der Waals surface area (Å²) in [4.78, 5) is 25.0. The van der Waals surface area contributed by atoms with Gasteiger partial charge in [0, 0.05) is 26.2 Å². The van der Waals surface area contributed by atoms with Gasteiger partial charge in [-0.25, -0.2) is 23.5 Å². The normalized spacial score (nSPS) is 14.9. The number of hydrogen-bond donors (Lipinski definition) is 0. The second-order valence-electron chi connectivity index (χ2n) is 8.21. The molecule has 0 aliphatic carbocycles. The van der Waals surface area contributed by atoms with Crippen LogP contribution < -0.4 is 4.90 Å². The maximum Gasteiger partial charge on any atom is 0.410 e. The van der Waals surface area contributed by atoms with E-state index in [-0.39, 0.29) is 22.5 Å². The maximum atomic E-state index is 14.5. The summed E-state index contributed by atoms with van der Waals surface area (Å²) < 4.78 is 34.8. The first kappa shape index (κ1) is 21.7. The number of nitrogens with zero attached hydrogens (tertiary/aromatic N) is 4. The quantitative estimate of drug-likeness (QED) is 0.477. The van der Waals surface area contributed by atoms with E-state index in [2.05, 4.69) is 9.97 Å². The molecule has 1 aliphatic rings. The Labute approximate surface area is 187 Å². The molecule has 2 aromatic heterocycles. The predicted octanol–water partition coefficient (Wildman–Crippen LogP) is 5.35. The first-order chi connectivity index (χ1) is 14.6. The van der Waals surface area contributed by atoms with Crippen LogP contribution in [0.15, 0.2) is 23.6 Å². The monoisotopic (exact) mass is 466 g/mol. The van der Waals surface area contributed by atoms with Gasteiger partial charge in [-0.15, -0.1) is 11.3 Å². The Bertz CT molecular complexity index is 1140.